The van der Waals surface area contributed by atoms with Crippen molar-refractivity contribution in [1.29, 1.82) is 0 Å². The smallest absolute Gasteiger partial charge is 0.303 e. The standard InChI is InChI=1S/C20H22O4/c1-14-9-10-17(19(12-14)24-11-5-8-20(22)23)18(21)13-16-7-4-3-6-15(16)2/h3-4,6-7,9-10,12H,5,8,11,13H2,1-2H3,(H,22,23). The summed E-state index contributed by atoms with van der Waals surface area (Å²) in [6.45, 7) is 4.20. The van der Waals surface area contributed by atoms with E-state index in [4.69, 9.17) is 9.84 Å². The minimum absolute atomic E-state index is 0.00228. The highest BCUT2D eigenvalue weighted by Gasteiger charge is 2.14. The van der Waals surface area contributed by atoms with Crippen molar-refractivity contribution in [3.8, 4) is 5.75 Å². The van der Waals surface area contributed by atoms with E-state index in [2.05, 4.69) is 0 Å². The van der Waals surface area contributed by atoms with Gasteiger partial charge in [0.1, 0.15) is 5.75 Å². The number of hydrogen-bond donors (Lipinski definition) is 1. The van der Waals surface area contributed by atoms with Crippen LogP contribution in [0.5, 0.6) is 5.75 Å². The molecule has 1 N–H and O–H groups in total. The van der Waals surface area contributed by atoms with Crippen LogP contribution in [0, 0.1) is 13.8 Å². The van der Waals surface area contributed by atoms with Gasteiger partial charge in [-0.3, -0.25) is 9.59 Å². The first-order valence-corrected chi connectivity index (χ1v) is 8.00. The lowest BCUT2D eigenvalue weighted by molar-refractivity contribution is -0.137. The minimum Gasteiger partial charge on any atom is -0.493 e. The van der Waals surface area contributed by atoms with Crippen LogP contribution in [0.25, 0.3) is 0 Å². The van der Waals surface area contributed by atoms with Gasteiger partial charge in [-0.05, 0) is 49.1 Å². The van der Waals surface area contributed by atoms with Gasteiger partial charge in [-0.1, -0.05) is 30.3 Å². The lowest BCUT2D eigenvalue weighted by Gasteiger charge is -2.12. The van der Waals surface area contributed by atoms with Crippen LogP contribution in [0.1, 0.15) is 39.9 Å². The average Bonchev–Trinajstić information content (AvgIpc) is 2.53. The van der Waals surface area contributed by atoms with Gasteiger partial charge in [0.2, 0.25) is 0 Å². The summed E-state index contributed by atoms with van der Waals surface area (Å²) in [5.41, 5.74) is 3.62. The third kappa shape index (κ3) is 4.95. The molecule has 0 fully saturated rings. The Morgan fingerprint density at radius 3 is 2.54 bits per heavy atom. The number of carboxylic acids is 1. The molecule has 0 aliphatic carbocycles. The maximum Gasteiger partial charge on any atom is 0.303 e. The van der Waals surface area contributed by atoms with E-state index in [0.717, 1.165) is 16.7 Å². The Morgan fingerprint density at radius 2 is 1.83 bits per heavy atom. The minimum atomic E-state index is -0.848. The van der Waals surface area contributed by atoms with Gasteiger partial charge in [0.05, 0.1) is 12.2 Å². The second-order valence-corrected chi connectivity index (χ2v) is 5.87. The largest absolute Gasteiger partial charge is 0.493 e. The second kappa shape index (κ2) is 8.29. The summed E-state index contributed by atoms with van der Waals surface area (Å²) in [6, 6.07) is 13.3. The summed E-state index contributed by atoms with van der Waals surface area (Å²) < 4.78 is 5.67. The molecule has 0 saturated heterocycles. The number of carbonyl (C=O) groups excluding carboxylic acids is 1. The zero-order chi connectivity index (χ0) is 17.5. The molecular weight excluding hydrogens is 304 g/mol. The third-order valence-corrected chi connectivity index (χ3v) is 3.84. The van der Waals surface area contributed by atoms with Gasteiger partial charge >= 0.3 is 5.97 Å². The summed E-state index contributed by atoms with van der Waals surface area (Å²) in [7, 11) is 0. The molecule has 0 atom stereocenters. The number of ketones is 1. The van der Waals surface area contributed by atoms with Crippen LogP contribution in [0.15, 0.2) is 42.5 Å². The highest BCUT2D eigenvalue weighted by molar-refractivity contribution is 6.00. The molecule has 0 heterocycles. The Hall–Kier alpha value is -2.62. The lowest BCUT2D eigenvalue weighted by Crippen LogP contribution is -2.09. The Balaban J connectivity index is 2.12. The van der Waals surface area contributed by atoms with Crippen molar-refractivity contribution in [3.63, 3.8) is 0 Å². The molecule has 0 aromatic heterocycles. The SMILES string of the molecule is Cc1ccc(C(=O)Cc2ccccc2C)c(OCCCC(=O)O)c1. The molecule has 0 aliphatic rings. The summed E-state index contributed by atoms with van der Waals surface area (Å²) in [4.78, 5) is 23.2. The van der Waals surface area contributed by atoms with Crippen molar-refractivity contribution >= 4 is 11.8 Å². The van der Waals surface area contributed by atoms with E-state index in [0.29, 0.717) is 24.2 Å². The van der Waals surface area contributed by atoms with Crippen LogP contribution in [0.3, 0.4) is 0 Å². The van der Waals surface area contributed by atoms with Crippen LogP contribution >= 0.6 is 0 Å². The maximum atomic E-state index is 12.7. The molecule has 126 valence electrons. The number of aliphatic carboxylic acids is 1. The van der Waals surface area contributed by atoms with Crippen LogP contribution in [0.2, 0.25) is 0 Å². The van der Waals surface area contributed by atoms with Gasteiger partial charge in [-0.2, -0.15) is 0 Å². The Bertz CT molecular complexity index is 734. The fourth-order valence-electron chi connectivity index (χ4n) is 2.46. The number of aryl methyl sites for hydroxylation is 2. The molecule has 0 unspecified atom stereocenters. The quantitative estimate of drug-likeness (QED) is 0.589. The van der Waals surface area contributed by atoms with Crippen molar-refractivity contribution in [2.75, 3.05) is 6.61 Å². The highest BCUT2D eigenvalue weighted by Crippen LogP contribution is 2.23. The molecule has 4 heteroatoms. The summed E-state index contributed by atoms with van der Waals surface area (Å²) in [6.07, 6.45) is 0.786. The molecule has 0 aliphatic heterocycles. The molecule has 4 nitrogen and oxygen atoms in total. The lowest BCUT2D eigenvalue weighted by atomic mass is 9.98. The number of Topliss-reactive ketones (excluding diaryl/α,β-unsaturated/α-hetero) is 1. The molecule has 24 heavy (non-hydrogen) atoms. The van der Waals surface area contributed by atoms with Crippen LogP contribution < -0.4 is 4.74 Å². The van der Waals surface area contributed by atoms with E-state index >= 15 is 0 Å². The first-order valence-electron chi connectivity index (χ1n) is 8.00. The van der Waals surface area contributed by atoms with Gasteiger partial charge in [0, 0.05) is 12.8 Å². The zero-order valence-electron chi connectivity index (χ0n) is 14.0. The monoisotopic (exact) mass is 326 g/mol. The predicted octanol–water partition coefficient (Wildman–Crippen LogP) is 3.97. The normalized spacial score (nSPS) is 10.4. The Morgan fingerprint density at radius 1 is 1.08 bits per heavy atom. The van der Waals surface area contributed by atoms with Crippen molar-refractivity contribution in [3.05, 3.63) is 64.7 Å². The van der Waals surface area contributed by atoms with E-state index in [-0.39, 0.29) is 18.8 Å². The number of benzene rings is 2. The molecule has 0 spiro atoms. The number of carbonyl (C=O) groups is 2. The van der Waals surface area contributed by atoms with Crippen LogP contribution in [-0.4, -0.2) is 23.5 Å². The first-order chi connectivity index (χ1) is 11.5. The van der Waals surface area contributed by atoms with Gasteiger partial charge in [-0.25, -0.2) is 0 Å². The van der Waals surface area contributed by atoms with E-state index in [1.54, 1.807) is 6.07 Å². The topological polar surface area (TPSA) is 63.6 Å². The van der Waals surface area contributed by atoms with Gasteiger partial charge in [0.25, 0.3) is 0 Å². The van der Waals surface area contributed by atoms with Gasteiger partial charge < -0.3 is 9.84 Å². The zero-order valence-corrected chi connectivity index (χ0v) is 14.0. The van der Waals surface area contributed by atoms with E-state index in [1.807, 2.05) is 50.2 Å². The number of hydrogen-bond acceptors (Lipinski definition) is 3. The molecule has 0 amide bonds. The molecule has 2 aromatic rings. The molecule has 0 radical (unpaired) electrons. The van der Waals surface area contributed by atoms with Crippen molar-refractivity contribution in [2.45, 2.75) is 33.1 Å². The van der Waals surface area contributed by atoms with Gasteiger partial charge in [0.15, 0.2) is 5.78 Å². The molecule has 0 bridgehead atoms. The fourth-order valence-corrected chi connectivity index (χ4v) is 2.46. The summed E-state index contributed by atoms with van der Waals surface area (Å²) in [5.74, 6) is -0.324. The van der Waals surface area contributed by atoms with Crippen molar-refractivity contribution in [1.82, 2.24) is 0 Å². The molecular formula is C20H22O4. The highest BCUT2D eigenvalue weighted by atomic mass is 16.5. The Kier molecular flexibility index (Phi) is 6.13. The molecule has 0 saturated carbocycles. The van der Waals surface area contributed by atoms with Crippen LogP contribution in [-0.2, 0) is 11.2 Å². The average molecular weight is 326 g/mol. The molecule has 2 rings (SSSR count). The Labute approximate surface area is 142 Å². The second-order valence-electron chi connectivity index (χ2n) is 5.87. The van der Waals surface area contributed by atoms with Gasteiger partial charge in [-0.15, -0.1) is 0 Å². The molecule has 2 aromatic carbocycles. The van der Waals surface area contributed by atoms with Crippen LogP contribution in [0.4, 0.5) is 0 Å². The first kappa shape index (κ1) is 17.7. The van der Waals surface area contributed by atoms with E-state index in [1.165, 1.54) is 0 Å². The van der Waals surface area contributed by atoms with E-state index < -0.39 is 5.97 Å². The van der Waals surface area contributed by atoms with Crippen molar-refractivity contribution in [2.24, 2.45) is 0 Å². The number of carboxylic acid groups (broad SMARTS) is 1. The number of ether oxygens (including phenoxy) is 1. The van der Waals surface area contributed by atoms with E-state index in [9.17, 15) is 9.59 Å². The fraction of sp³-hybridized carbons (Fsp3) is 0.300. The summed E-state index contributed by atoms with van der Waals surface area (Å²) >= 11 is 0. The summed E-state index contributed by atoms with van der Waals surface area (Å²) in [5, 5.41) is 8.68. The predicted molar refractivity (Wildman–Crippen MR) is 92.8 cm³/mol. The third-order valence-electron chi connectivity index (χ3n) is 3.84. The maximum absolute atomic E-state index is 12.7. The number of rotatable bonds is 8. The van der Waals surface area contributed by atoms with Crippen molar-refractivity contribution < 1.29 is 19.4 Å².